The van der Waals surface area contributed by atoms with E-state index in [0.29, 0.717) is 19.5 Å². The van der Waals surface area contributed by atoms with Gasteiger partial charge in [-0.2, -0.15) is 0 Å². The zero-order valence-electron chi connectivity index (χ0n) is 16.1. The normalized spacial score (nSPS) is 15.6. The molecule has 1 heterocycles. The van der Waals surface area contributed by atoms with Crippen LogP contribution in [0.3, 0.4) is 0 Å². The Balaban J connectivity index is 0.00000280. The molecule has 0 radical (unpaired) electrons. The number of hydrogen-bond donors (Lipinski definition) is 2. The molecule has 3 N–H and O–H groups in total. The van der Waals surface area contributed by atoms with E-state index in [-0.39, 0.29) is 36.2 Å². The van der Waals surface area contributed by atoms with Crippen LogP contribution in [0.25, 0.3) is 0 Å². The highest BCUT2D eigenvalue weighted by molar-refractivity contribution is 5.85. The number of likely N-dealkylation sites (tertiary alicyclic amines) is 1. The number of carbonyl (C=O) groups excluding carboxylic acids is 2. The summed E-state index contributed by atoms with van der Waals surface area (Å²) in [7, 11) is 0. The topological polar surface area (TPSA) is 75.4 Å². The molecule has 1 fully saturated rings. The van der Waals surface area contributed by atoms with E-state index in [9.17, 15) is 9.59 Å². The Morgan fingerprint density at radius 1 is 1.11 bits per heavy atom. The standard InChI is InChI=1S/C22H27N3O2.ClH/c1-16(21(23)19-6-3-2-4-7-19)22(27)24-14-17-9-11-18(12-10-17)15-25-13-5-8-20(25)26;/h2-4,6-7,9-12,16,21H,5,8,13-15,23H2,1H3,(H,24,27);1H. The third kappa shape index (κ3) is 5.57. The molecular formula is C22H28ClN3O2. The molecule has 0 aromatic heterocycles. The third-order valence-electron chi connectivity index (χ3n) is 5.17. The first kappa shape index (κ1) is 21.9. The maximum absolute atomic E-state index is 12.4. The summed E-state index contributed by atoms with van der Waals surface area (Å²) in [5, 5.41) is 2.97. The van der Waals surface area contributed by atoms with Crippen LogP contribution in [0.15, 0.2) is 54.6 Å². The predicted octanol–water partition coefficient (Wildman–Crippen LogP) is 3.18. The molecule has 2 amide bonds. The number of hydrogen-bond acceptors (Lipinski definition) is 3. The van der Waals surface area contributed by atoms with Crippen molar-refractivity contribution in [3.63, 3.8) is 0 Å². The number of nitrogens with one attached hydrogen (secondary N) is 1. The van der Waals surface area contributed by atoms with E-state index >= 15 is 0 Å². The van der Waals surface area contributed by atoms with Crippen LogP contribution in [0.2, 0.25) is 0 Å². The summed E-state index contributed by atoms with van der Waals surface area (Å²) in [5.41, 5.74) is 9.32. The summed E-state index contributed by atoms with van der Waals surface area (Å²) < 4.78 is 0. The number of nitrogens with zero attached hydrogens (tertiary/aromatic N) is 1. The summed E-state index contributed by atoms with van der Waals surface area (Å²) in [6, 6.07) is 17.4. The minimum absolute atomic E-state index is 0. The fourth-order valence-electron chi connectivity index (χ4n) is 3.33. The lowest BCUT2D eigenvalue weighted by atomic mass is 9.94. The highest BCUT2D eigenvalue weighted by atomic mass is 35.5. The van der Waals surface area contributed by atoms with Crippen molar-refractivity contribution in [3.05, 3.63) is 71.3 Å². The summed E-state index contributed by atoms with van der Waals surface area (Å²) in [6.45, 7) is 3.82. The lowest BCUT2D eigenvalue weighted by Crippen LogP contribution is -2.35. The highest BCUT2D eigenvalue weighted by Crippen LogP contribution is 2.19. The van der Waals surface area contributed by atoms with Crippen LogP contribution in [0, 0.1) is 5.92 Å². The van der Waals surface area contributed by atoms with Gasteiger partial charge in [0.1, 0.15) is 0 Å². The minimum Gasteiger partial charge on any atom is -0.352 e. The number of rotatable bonds is 7. The van der Waals surface area contributed by atoms with Crippen molar-refractivity contribution in [1.29, 1.82) is 0 Å². The van der Waals surface area contributed by atoms with Gasteiger partial charge in [-0.1, -0.05) is 61.5 Å². The molecule has 2 aromatic rings. The monoisotopic (exact) mass is 401 g/mol. The Kier molecular flexibility index (Phi) is 8.03. The first-order chi connectivity index (χ1) is 13.0. The smallest absolute Gasteiger partial charge is 0.225 e. The van der Waals surface area contributed by atoms with Crippen LogP contribution < -0.4 is 11.1 Å². The van der Waals surface area contributed by atoms with Gasteiger partial charge in [-0.05, 0) is 23.1 Å². The second kappa shape index (κ2) is 10.2. The Morgan fingerprint density at radius 3 is 2.36 bits per heavy atom. The number of halogens is 1. The van der Waals surface area contributed by atoms with Gasteiger partial charge in [-0.25, -0.2) is 0 Å². The van der Waals surface area contributed by atoms with Crippen LogP contribution in [-0.2, 0) is 22.7 Å². The van der Waals surface area contributed by atoms with Gasteiger partial charge >= 0.3 is 0 Å². The maximum Gasteiger partial charge on any atom is 0.225 e. The Hall–Kier alpha value is -2.37. The molecule has 1 saturated heterocycles. The maximum atomic E-state index is 12.4. The zero-order chi connectivity index (χ0) is 19.2. The van der Waals surface area contributed by atoms with E-state index in [1.165, 1.54) is 0 Å². The van der Waals surface area contributed by atoms with Crippen LogP contribution in [0.1, 0.15) is 42.5 Å². The quantitative estimate of drug-likeness (QED) is 0.748. The Morgan fingerprint density at radius 2 is 1.75 bits per heavy atom. The van der Waals surface area contributed by atoms with Gasteiger partial charge in [0.25, 0.3) is 0 Å². The van der Waals surface area contributed by atoms with Crippen molar-refractivity contribution in [2.75, 3.05) is 6.54 Å². The first-order valence-electron chi connectivity index (χ1n) is 9.48. The molecule has 2 unspecified atom stereocenters. The molecule has 0 bridgehead atoms. The molecule has 3 rings (SSSR count). The third-order valence-corrected chi connectivity index (χ3v) is 5.17. The van der Waals surface area contributed by atoms with Gasteiger partial charge in [-0.15, -0.1) is 12.4 Å². The van der Waals surface area contributed by atoms with Gasteiger partial charge in [0.2, 0.25) is 11.8 Å². The molecule has 1 aliphatic heterocycles. The van der Waals surface area contributed by atoms with Gasteiger partial charge in [0.05, 0.1) is 5.92 Å². The molecule has 2 atom stereocenters. The van der Waals surface area contributed by atoms with Gasteiger partial charge in [-0.3, -0.25) is 9.59 Å². The van der Waals surface area contributed by atoms with Gasteiger partial charge in [0.15, 0.2) is 0 Å². The minimum atomic E-state index is -0.327. The van der Waals surface area contributed by atoms with Crippen molar-refractivity contribution in [2.24, 2.45) is 11.7 Å². The van der Waals surface area contributed by atoms with Crippen molar-refractivity contribution in [1.82, 2.24) is 10.2 Å². The first-order valence-corrected chi connectivity index (χ1v) is 9.48. The van der Waals surface area contributed by atoms with Crippen molar-refractivity contribution >= 4 is 24.2 Å². The molecular weight excluding hydrogens is 374 g/mol. The summed E-state index contributed by atoms with van der Waals surface area (Å²) in [5.74, 6) is -0.138. The number of amides is 2. The fourth-order valence-corrected chi connectivity index (χ4v) is 3.33. The van der Waals surface area contributed by atoms with Crippen molar-refractivity contribution in [3.8, 4) is 0 Å². The van der Waals surface area contributed by atoms with Crippen LogP contribution in [0.4, 0.5) is 0 Å². The molecule has 0 aliphatic carbocycles. The van der Waals surface area contributed by atoms with E-state index < -0.39 is 0 Å². The average molecular weight is 402 g/mol. The number of nitrogens with two attached hydrogens (primary N) is 1. The Bertz CT molecular complexity index is 780. The average Bonchev–Trinajstić information content (AvgIpc) is 3.11. The second-order valence-corrected chi connectivity index (χ2v) is 7.18. The van der Waals surface area contributed by atoms with E-state index in [4.69, 9.17) is 5.73 Å². The van der Waals surface area contributed by atoms with E-state index in [0.717, 1.165) is 29.7 Å². The van der Waals surface area contributed by atoms with Gasteiger partial charge in [0, 0.05) is 32.1 Å². The largest absolute Gasteiger partial charge is 0.352 e. The molecule has 0 saturated carbocycles. The van der Waals surface area contributed by atoms with Gasteiger partial charge < -0.3 is 16.0 Å². The SMILES string of the molecule is CC(C(=O)NCc1ccc(CN2CCCC2=O)cc1)C(N)c1ccccc1.Cl. The molecule has 5 nitrogen and oxygen atoms in total. The lowest BCUT2D eigenvalue weighted by molar-refractivity contribution is -0.128. The summed E-state index contributed by atoms with van der Waals surface area (Å²) >= 11 is 0. The van der Waals surface area contributed by atoms with Crippen LogP contribution in [-0.4, -0.2) is 23.3 Å². The molecule has 28 heavy (non-hydrogen) atoms. The lowest BCUT2D eigenvalue weighted by Gasteiger charge is -2.20. The van der Waals surface area contributed by atoms with Crippen LogP contribution in [0.5, 0.6) is 0 Å². The van der Waals surface area contributed by atoms with E-state index in [1.54, 1.807) is 0 Å². The molecule has 2 aromatic carbocycles. The van der Waals surface area contributed by atoms with Crippen LogP contribution >= 0.6 is 12.4 Å². The summed E-state index contributed by atoms with van der Waals surface area (Å²) in [6.07, 6.45) is 1.61. The second-order valence-electron chi connectivity index (χ2n) is 7.18. The highest BCUT2D eigenvalue weighted by Gasteiger charge is 2.22. The molecule has 0 spiro atoms. The number of benzene rings is 2. The van der Waals surface area contributed by atoms with E-state index in [2.05, 4.69) is 5.32 Å². The molecule has 1 aliphatic rings. The zero-order valence-corrected chi connectivity index (χ0v) is 17.0. The molecule has 150 valence electrons. The summed E-state index contributed by atoms with van der Waals surface area (Å²) in [4.78, 5) is 26.0. The van der Waals surface area contributed by atoms with E-state index in [1.807, 2.05) is 66.4 Å². The Labute approximate surface area is 172 Å². The van der Waals surface area contributed by atoms with Crippen molar-refractivity contribution in [2.45, 2.75) is 38.9 Å². The predicted molar refractivity (Wildman–Crippen MR) is 113 cm³/mol. The molecule has 6 heteroatoms. The van der Waals surface area contributed by atoms with Crippen molar-refractivity contribution < 1.29 is 9.59 Å². The fraction of sp³-hybridized carbons (Fsp3) is 0.364. The number of carbonyl (C=O) groups is 2.